The van der Waals surface area contributed by atoms with Crippen molar-refractivity contribution in [2.24, 2.45) is 0 Å². The van der Waals surface area contributed by atoms with E-state index in [-0.39, 0.29) is 11.9 Å². The Bertz CT molecular complexity index is 949. The number of hydrogen-bond donors (Lipinski definition) is 1. The molecule has 0 fully saturated rings. The molecule has 0 bridgehead atoms. The number of nitrogens with one attached hydrogen (secondary N) is 1. The van der Waals surface area contributed by atoms with Crippen LogP contribution < -0.4 is 5.32 Å². The van der Waals surface area contributed by atoms with E-state index in [1.165, 1.54) is 11.1 Å². The first-order valence-corrected chi connectivity index (χ1v) is 8.25. The summed E-state index contributed by atoms with van der Waals surface area (Å²) in [6.45, 7) is 3.88. The Kier molecular flexibility index (Phi) is 3.53. The van der Waals surface area contributed by atoms with Gasteiger partial charge in [0.05, 0.1) is 28.5 Å². The second kappa shape index (κ2) is 5.71. The molecule has 1 atom stereocenters. The van der Waals surface area contributed by atoms with Crippen LogP contribution in [0.25, 0.3) is 11.0 Å². The first kappa shape index (κ1) is 14.8. The molecule has 1 heterocycles. The molecule has 0 saturated carbocycles. The van der Waals surface area contributed by atoms with E-state index in [0.29, 0.717) is 5.56 Å². The standard InChI is InChI=1S/C20H19N3O/c1-12-13(2)22-19-11-15(8-10-18(19)21-12)20(24)23-17-9-7-14-5-3-4-6-16(14)17/h3-6,8,10-11,17H,7,9H2,1-2H3,(H,23,24)/t17-/m0/s1. The lowest BCUT2D eigenvalue weighted by atomic mass is 10.1. The Labute approximate surface area is 141 Å². The quantitative estimate of drug-likeness (QED) is 0.784. The van der Waals surface area contributed by atoms with Gasteiger partial charge in [0.15, 0.2) is 0 Å². The predicted octanol–water partition coefficient (Wildman–Crippen LogP) is 3.66. The number of benzene rings is 2. The molecule has 24 heavy (non-hydrogen) atoms. The Morgan fingerprint density at radius 3 is 2.62 bits per heavy atom. The second-order valence-electron chi connectivity index (χ2n) is 6.36. The Balaban J connectivity index is 1.61. The van der Waals surface area contributed by atoms with Crippen molar-refractivity contribution in [2.75, 3.05) is 0 Å². The number of aromatic nitrogens is 2. The number of carbonyl (C=O) groups is 1. The van der Waals surface area contributed by atoms with Gasteiger partial charge in [-0.25, -0.2) is 9.97 Å². The lowest BCUT2D eigenvalue weighted by Crippen LogP contribution is -2.27. The third kappa shape index (κ3) is 2.54. The molecule has 0 saturated heterocycles. The summed E-state index contributed by atoms with van der Waals surface area (Å²) in [7, 11) is 0. The Morgan fingerprint density at radius 2 is 1.79 bits per heavy atom. The van der Waals surface area contributed by atoms with Crippen LogP contribution in [0.3, 0.4) is 0 Å². The lowest BCUT2D eigenvalue weighted by Gasteiger charge is -2.14. The van der Waals surface area contributed by atoms with Crippen molar-refractivity contribution in [1.82, 2.24) is 15.3 Å². The average Bonchev–Trinajstić information content (AvgIpc) is 2.99. The number of carbonyl (C=O) groups excluding carboxylic acids is 1. The van der Waals surface area contributed by atoms with Gasteiger partial charge in [-0.3, -0.25) is 4.79 Å². The van der Waals surface area contributed by atoms with Crippen LogP contribution in [0.1, 0.15) is 45.3 Å². The smallest absolute Gasteiger partial charge is 0.251 e. The molecular formula is C20H19N3O. The maximum Gasteiger partial charge on any atom is 0.251 e. The molecule has 1 amide bonds. The highest BCUT2D eigenvalue weighted by molar-refractivity contribution is 5.97. The van der Waals surface area contributed by atoms with E-state index in [0.717, 1.165) is 35.3 Å². The number of hydrogen-bond acceptors (Lipinski definition) is 3. The van der Waals surface area contributed by atoms with Crippen molar-refractivity contribution in [3.05, 3.63) is 70.5 Å². The number of nitrogens with zero attached hydrogens (tertiary/aromatic N) is 2. The van der Waals surface area contributed by atoms with Crippen LogP contribution in [-0.4, -0.2) is 15.9 Å². The van der Waals surface area contributed by atoms with Crippen LogP contribution in [0, 0.1) is 13.8 Å². The molecule has 120 valence electrons. The summed E-state index contributed by atoms with van der Waals surface area (Å²) < 4.78 is 0. The van der Waals surface area contributed by atoms with Gasteiger partial charge in [0.1, 0.15) is 0 Å². The van der Waals surface area contributed by atoms with Crippen LogP contribution in [-0.2, 0) is 6.42 Å². The van der Waals surface area contributed by atoms with Crippen LogP contribution in [0.15, 0.2) is 42.5 Å². The number of rotatable bonds is 2. The molecule has 1 aliphatic carbocycles. The van der Waals surface area contributed by atoms with Gasteiger partial charge in [-0.15, -0.1) is 0 Å². The van der Waals surface area contributed by atoms with Crippen molar-refractivity contribution in [2.45, 2.75) is 32.7 Å². The third-order valence-corrected chi connectivity index (χ3v) is 4.78. The highest BCUT2D eigenvalue weighted by Crippen LogP contribution is 2.31. The third-order valence-electron chi connectivity index (χ3n) is 4.78. The topological polar surface area (TPSA) is 54.9 Å². The fraction of sp³-hybridized carbons (Fsp3) is 0.250. The first-order chi connectivity index (χ1) is 11.6. The summed E-state index contributed by atoms with van der Waals surface area (Å²) in [5, 5.41) is 3.15. The van der Waals surface area contributed by atoms with Crippen molar-refractivity contribution in [3.8, 4) is 0 Å². The molecular weight excluding hydrogens is 298 g/mol. The van der Waals surface area contributed by atoms with Crippen molar-refractivity contribution in [3.63, 3.8) is 0 Å². The second-order valence-corrected chi connectivity index (χ2v) is 6.36. The van der Waals surface area contributed by atoms with E-state index in [1.54, 1.807) is 0 Å². The zero-order valence-corrected chi connectivity index (χ0v) is 13.8. The average molecular weight is 317 g/mol. The number of fused-ring (bicyclic) bond motifs is 2. The molecule has 0 aliphatic heterocycles. The first-order valence-electron chi connectivity index (χ1n) is 8.25. The molecule has 1 N–H and O–H groups in total. The zero-order valence-electron chi connectivity index (χ0n) is 13.8. The fourth-order valence-electron chi connectivity index (χ4n) is 3.32. The van der Waals surface area contributed by atoms with E-state index >= 15 is 0 Å². The molecule has 0 radical (unpaired) electrons. The molecule has 3 aromatic rings. The fourth-order valence-corrected chi connectivity index (χ4v) is 3.32. The van der Waals surface area contributed by atoms with Gasteiger partial charge < -0.3 is 5.32 Å². The Morgan fingerprint density at radius 1 is 1.04 bits per heavy atom. The van der Waals surface area contributed by atoms with E-state index in [4.69, 9.17) is 0 Å². The molecule has 4 heteroatoms. The van der Waals surface area contributed by atoms with E-state index in [1.807, 2.05) is 38.1 Å². The molecule has 2 aromatic carbocycles. The maximum atomic E-state index is 12.6. The maximum absolute atomic E-state index is 12.6. The van der Waals surface area contributed by atoms with Gasteiger partial charge in [-0.1, -0.05) is 24.3 Å². The van der Waals surface area contributed by atoms with Crippen LogP contribution in [0.5, 0.6) is 0 Å². The number of aryl methyl sites for hydroxylation is 3. The van der Waals surface area contributed by atoms with Gasteiger partial charge >= 0.3 is 0 Å². The molecule has 0 spiro atoms. The monoisotopic (exact) mass is 317 g/mol. The molecule has 4 nitrogen and oxygen atoms in total. The summed E-state index contributed by atoms with van der Waals surface area (Å²) in [4.78, 5) is 21.7. The summed E-state index contributed by atoms with van der Waals surface area (Å²) in [5.74, 6) is -0.0568. The van der Waals surface area contributed by atoms with Crippen molar-refractivity contribution in [1.29, 1.82) is 0 Å². The minimum Gasteiger partial charge on any atom is -0.345 e. The number of amides is 1. The SMILES string of the molecule is Cc1nc2ccc(C(=O)N[C@H]3CCc4ccccc43)cc2nc1C. The largest absolute Gasteiger partial charge is 0.345 e. The molecule has 1 aromatic heterocycles. The highest BCUT2D eigenvalue weighted by Gasteiger charge is 2.23. The normalized spacial score (nSPS) is 16.2. The summed E-state index contributed by atoms with van der Waals surface area (Å²) in [6.07, 6.45) is 1.97. The summed E-state index contributed by atoms with van der Waals surface area (Å²) in [6, 6.07) is 13.9. The lowest BCUT2D eigenvalue weighted by molar-refractivity contribution is 0.0937. The minimum atomic E-state index is -0.0568. The van der Waals surface area contributed by atoms with Gasteiger partial charge in [-0.05, 0) is 56.0 Å². The van der Waals surface area contributed by atoms with Gasteiger partial charge in [0.25, 0.3) is 5.91 Å². The minimum absolute atomic E-state index is 0.0568. The van der Waals surface area contributed by atoms with E-state index in [9.17, 15) is 4.79 Å². The van der Waals surface area contributed by atoms with Gasteiger partial charge in [-0.2, -0.15) is 0 Å². The van der Waals surface area contributed by atoms with Crippen LogP contribution in [0.2, 0.25) is 0 Å². The van der Waals surface area contributed by atoms with Gasteiger partial charge in [0.2, 0.25) is 0 Å². The predicted molar refractivity (Wildman–Crippen MR) is 94.0 cm³/mol. The Hall–Kier alpha value is -2.75. The molecule has 0 unspecified atom stereocenters. The van der Waals surface area contributed by atoms with Crippen LogP contribution >= 0.6 is 0 Å². The van der Waals surface area contributed by atoms with E-state index < -0.39 is 0 Å². The van der Waals surface area contributed by atoms with Crippen LogP contribution in [0.4, 0.5) is 0 Å². The van der Waals surface area contributed by atoms with E-state index in [2.05, 4.69) is 33.5 Å². The molecule has 4 rings (SSSR count). The summed E-state index contributed by atoms with van der Waals surface area (Å²) >= 11 is 0. The van der Waals surface area contributed by atoms with Crippen molar-refractivity contribution < 1.29 is 4.79 Å². The van der Waals surface area contributed by atoms with Gasteiger partial charge in [0, 0.05) is 5.56 Å². The zero-order chi connectivity index (χ0) is 16.7. The molecule has 1 aliphatic rings. The highest BCUT2D eigenvalue weighted by atomic mass is 16.1. The van der Waals surface area contributed by atoms with Crippen molar-refractivity contribution >= 4 is 16.9 Å². The summed E-state index contributed by atoms with van der Waals surface area (Å²) in [5.41, 5.74) is 6.59.